The Bertz CT molecular complexity index is 1260. The van der Waals surface area contributed by atoms with Gasteiger partial charge in [0.25, 0.3) is 5.91 Å². The average molecular weight is 574 g/mol. The second kappa shape index (κ2) is 12.6. The summed E-state index contributed by atoms with van der Waals surface area (Å²) in [5.41, 5.74) is 4.11. The monoisotopic (exact) mass is 572 g/mol. The zero-order valence-electron chi connectivity index (χ0n) is 20.1. The van der Waals surface area contributed by atoms with Crippen molar-refractivity contribution in [1.82, 2.24) is 0 Å². The smallest absolute Gasteiger partial charge is 0.306 e. The molecule has 3 aromatic rings. The van der Waals surface area contributed by atoms with Gasteiger partial charge in [-0.1, -0.05) is 17.7 Å². The first-order chi connectivity index (χ1) is 17.1. The molecule has 0 heterocycles. The summed E-state index contributed by atoms with van der Waals surface area (Å²) in [4.78, 5) is 36.2. The molecule has 9 heteroatoms. The highest BCUT2D eigenvalue weighted by atomic mass is 79.9. The first kappa shape index (κ1) is 27.2. The van der Waals surface area contributed by atoms with Crippen molar-refractivity contribution in [2.45, 2.75) is 33.6 Å². The second-order valence-corrected chi connectivity index (χ2v) is 9.55. The van der Waals surface area contributed by atoms with E-state index in [9.17, 15) is 14.4 Å². The van der Waals surface area contributed by atoms with E-state index in [0.29, 0.717) is 26.6 Å². The van der Waals surface area contributed by atoms with E-state index >= 15 is 0 Å². The lowest BCUT2D eigenvalue weighted by Gasteiger charge is -2.11. The maximum atomic E-state index is 12.2. The molecular weight excluding hydrogens is 548 g/mol. The number of ether oxygens (including phenoxy) is 2. The molecular formula is C27H26BrClN2O5. The van der Waals surface area contributed by atoms with Gasteiger partial charge in [0.1, 0.15) is 11.5 Å². The largest absolute Gasteiger partial charge is 0.457 e. The Morgan fingerprint density at radius 2 is 1.50 bits per heavy atom. The summed E-state index contributed by atoms with van der Waals surface area (Å²) in [5.74, 6) is -0.118. The van der Waals surface area contributed by atoms with E-state index in [4.69, 9.17) is 21.1 Å². The van der Waals surface area contributed by atoms with E-state index in [1.165, 1.54) is 0 Å². The summed E-state index contributed by atoms with van der Waals surface area (Å²) >= 11 is 9.36. The van der Waals surface area contributed by atoms with Gasteiger partial charge in [0, 0.05) is 22.3 Å². The van der Waals surface area contributed by atoms with Crippen LogP contribution in [0.3, 0.4) is 0 Å². The number of hydrogen-bond donors (Lipinski definition) is 2. The van der Waals surface area contributed by atoms with Gasteiger partial charge < -0.3 is 20.1 Å². The Labute approximate surface area is 223 Å². The maximum absolute atomic E-state index is 12.2. The predicted octanol–water partition coefficient (Wildman–Crippen LogP) is 6.72. The van der Waals surface area contributed by atoms with Gasteiger partial charge in [-0.2, -0.15) is 0 Å². The molecule has 3 aromatic carbocycles. The molecule has 188 valence electrons. The van der Waals surface area contributed by atoms with Gasteiger partial charge in [-0.05, 0) is 102 Å². The molecule has 0 spiro atoms. The van der Waals surface area contributed by atoms with Crippen LogP contribution in [0.15, 0.2) is 59.1 Å². The molecule has 3 rings (SSSR count). The number of carbonyl (C=O) groups excluding carboxylic acids is 3. The molecule has 7 nitrogen and oxygen atoms in total. The number of halogens is 2. The molecule has 0 atom stereocenters. The van der Waals surface area contributed by atoms with Crippen molar-refractivity contribution in [1.29, 1.82) is 0 Å². The third kappa shape index (κ3) is 8.39. The lowest BCUT2D eigenvalue weighted by molar-refractivity contribution is -0.147. The Balaban J connectivity index is 1.40. The summed E-state index contributed by atoms with van der Waals surface area (Å²) in [5, 5.41) is 5.81. The highest BCUT2D eigenvalue weighted by molar-refractivity contribution is 9.10. The van der Waals surface area contributed by atoms with E-state index in [0.717, 1.165) is 22.4 Å². The van der Waals surface area contributed by atoms with Gasteiger partial charge in [-0.25, -0.2) is 0 Å². The van der Waals surface area contributed by atoms with Crippen molar-refractivity contribution < 1.29 is 23.9 Å². The fourth-order valence-corrected chi connectivity index (χ4v) is 3.98. The van der Waals surface area contributed by atoms with E-state index in [1.807, 2.05) is 32.9 Å². The maximum Gasteiger partial charge on any atom is 0.306 e. The number of rotatable bonds is 9. The minimum Gasteiger partial charge on any atom is -0.457 e. The lowest BCUT2D eigenvalue weighted by atomic mass is 10.1. The topological polar surface area (TPSA) is 93.7 Å². The Kier molecular flexibility index (Phi) is 9.50. The standard InChI is InChI=1S/C27H26BrClN2O5/c1-16-10-17(2)12-21(11-16)36-20-6-4-19(5-7-20)30-25(32)8-9-27(34)35-15-26(33)31-24-14-23(29)22(28)13-18(24)3/h4-7,10-14H,8-9,15H2,1-3H3,(H,30,32)(H,31,33). The molecule has 0 saturated heterocycles. The Morgan fingerprint density at radius 1 is 0.833 bits per heavy atom. The van der Waals surface area contributed by atoms with Crippen molar-refractivity contribution in [3.63, 3.8) is 0 Å². The van der Waals surface area contributed by atoms with Crippen LogP contribution in [0.5, 0.6) is 11.5 Å². The number of esters is 1. The summed E-state index contributed by atoms with van der Waals surface area (Å²) < 4.78 is 11.5. The van der Waals surface area contributed by atoms with Crippen LogP contribution in [0.25, 0.3) is 0 Å². The number of aryl methyl sites for hydroxylation is 3. The van der Waals surface area contributed by atoms with Gasteiger partial charge >= 0.3 is 5.97 Å². The fraction of sp³-hybridized carbons (Fsp3) is 0.222. The van der Waals surface area contributed by atoms with Crippen LogP contribution in [-0.2, 0) is 19.1 Å². The van der Waals surface area contributed by atoms with Crippen LogP contribution in [-0.4, -0.2) is 24.4 Å². The number of nitrogens with one attached hydrogen (secondary N) is 2. The molecule has 0 unspecified atom stereocenters. The molecule has 0 saturated carbocycles. The lowest BCUT2D eigenvalue weighted by Crippen LogP contribution is -2.22. The molecule has 0 bridgehead atoms. The number of amides is 2. The van der Waals surface area contributed by atoms with Gasteiger partial charge in [0.05, 0.1) is 11.4 Å². The summed E-state index contributed by atoms with van der Waals surface area (Å²) in [7, 11) is 0. The van der Waals surface area contributed by atoms with Crippen LogP contribution >= 0.6 is 27.5 Å². The van der Waals surface area contributed by atoms with Crippen molar-refractivity contribution in [3.8, 4) is 11.5 Å². The van der Waals surface area contributed by atoms with Crippen LogP contribution in [0.1, 0.15) is 29.5 Å². The molecule has 2 N–H and O–H groups in total. The van der Waals surface area contributed by atoms with Crippen molar-refractivity contribution >= 4 is 56.7 Å². The predicted molar refractivity (Wildman–Crippen MR) is 144 cm³/mol. The first-order valence-electron chi connectivity index (χ1n) is 11.2. The van der Waals surface area contributed by atoms with Crippen LogP contribution in [0.2, 0.25) is 5.02 Å². The molecule has 0 aliphatic heterocycles. The zero-order chi connectivity index (χ0) is 26.2. The third-order valence-electron chi connectivity index (χ3n) is 5.03. The molecule has 2 amide bonds. The molecule has 36 heavy (non-hydrogen) atoms. The molecule has 0 fully saturated rings. The van der Waals surface area contributed by atoms with Gasteiger partial charge in [-0.3, -0.25) is 14.4 Å². The number of hydrogen-bond acceptors (Lipinski definition) is 5. The Morgan fingerprint density at radius 3 is 2.17 bits per heavy atom. The third-order valence-corrected chi connectivity index (χ3v) is 6.23. The van der Waals surface area contributed by atoms with Crippen LogP contribution in [0, 0.1) is 20.8 Å². The van der Waals surface area contributed by atoms with Crippen LogP contribution in [0.4, 0.5) is 11.4 Å². The average Bonchev–Trinajstić information content (AvgIpc) is 2.80. The summed E-state index contributed by atoms with van der Waals surface area (Å²) in [6, 6.07) is 16.3. The minimum atomic E-state index is -0.650. The quantitative estimate of drug-likeness (QED) is 0.277. The molecule has 0 radical (unpaired) electrons. The first-order valence-corrected chi connectivity index (χ1v) is 12.3. The van der Waals surface area contributed by atoms with Crippen molar-refractivity contribution in [3.05, 3.63) is 80.8 Å². The van der Waals surface area contributed by atoms with E-state index < -0.39 is 18.5 Å². The minimum absolute atomic E-state index is 0.0807. The molecule has 0 aromatic heterocycles. The highest BCUT2D eigenvalue weighted by Crippen LogP contribution is 2.29. The van der Waals surface area contributed by atoms with Gasteiger partial charge in [0.15, 0.2) is 6.61 Å². The number of carbonyl (C=O) groups is 3. The second-order valence-electron chi connectivity index (χ2n) is 8.29. The van der Waals surface area contributed by atoms with Gasteiger partial charge in [-0.15, -0.1) is 0 Å². The zero-order valence-corrected chi connectivity index (χ0v) is 22.5. The SMILES string of the molecule is Cc1cc(C)cc(Oc2ccc(NC(=O)CCC(=O)OCC(=O)Nc3cc(Cl)c(Br)cc3C)cc2)c1. The van der Waals surface area contributed by atoms with Crippen molar-refractivity contribution in [2.75, 3.05) is 17.2 Å². The van der Waals surface area contributed by atoms with Crippen LogP contribution < -0.4 is 15.4 Å². The fourth-order valence-electron chi connectivity index (χ4n) is 3.36. The number of anilines is 2. The van der Waals surface area contributed by atoms with E-state index in [2.05, 4.69) is 32.6 Å². The summed E-state index contributed by atoms with van der Waals surface area (Å²) in [6.45, 7) is 5.36. The van der Waals surface area contributed by atoms with E-state index in [1.54, 1.807) is 36.4 Å². The molecule has 0 aliphatic rings. The molecule has 0 aliphatic carbocycles. The normalized spacial score (nSPS) is 10.5. The highest BCUT2D eigenvalue weighted by Gasteiger charge is 2.13. The number of benzene rings is 3. The van der Waals surface area contributed by atoms with Gasteiger partial charge in [0.2, 0.25) is 5.91 Å². The van der Waals surface area contributed by atoms with E-state index in [-0.39, 0.29) is 18.7 Å². The Hall–Kier alpha value is -3.36. The van der Waals surface area contributed by atoms with Crippen molar-refractivity contribution in [2.24, 2.45) is 0 Å². The summed E-state index contributed by atoms with van der Waals surface area (Å²) in [6.07, 6.45) is -0.237.